The minimum atomic E-state index is 0. The van der Waals surface area contributed by atoms with Crippen LogP contribution in [0.25, 0.3) is 6.08 Å². The van der Waals surface area contributed by atoms with Crippen LogP contribution in [0.5, 0.6) is 0 Å². The molecule has 0 bridgehead atoms. The fourth-order valence-electron chi connectivity index (χ4n) is 0.389. The molecule has 2 heteroatoms. The molecule has 0 saturated carbocycles. The normalized spacial score (nSPS) is 7.33. The lowest BCUT2D eigenvalue weighted by Crippen LogP contribution is -1.67. The number of rotatable bonds is 1. The van der Waals surface area contributed by atoms with E-state index in [1.54, 1.807) is 18.5 Å². The predicted molar refractivity (Wildman–Crippen MR) is 42.1 cm³/mol. The van der Waals surface area contributed by atoms with Gasteiger partial charge in [-0.2, -0.15) is 0 Å². The molecule has 0 aliphatic rings. The van der Waals surface area contributed by atoms with Crippen LogP contribution in [-0.4, -0.2) is 9.97 Å². The standard InChI is InChI=1S/C5H6N2.C2H6.H2/c1-2-5-6-3-4-7-5;1-2;/h2-4H,1H2,(H,6,7);1-2H3;1H. The molecule has 1 N–H and O–H groups in total. The highest BCUT2D eigenvalue weighted by molar-refractivity contribution is 5.34. The highest BCUT2D eigenvalue weighted by atomic mass is 14.9. The van der Waals surface area contributed by atoms with Crippen molar-refractivity contribution >= 4 is 6.08 Å². The van der Waals surface area contributed by atoms with E-state index in [0.717, 1.165) is 5.82 Å². The number of aromatic nitrogens is 2. The molecule has 0 atom stereocenters. The molecular formula is C7H14N2. The lowest BCUT2D eigenvalue weighted by atomic mass is 10.6. The van der Waals surface area contributed by atoms with Gasteiger partial charge in [0.05, 0.1) is 0 Å². The van der Waals surface area contributed by atoms with E-state index in [1.165, 1.54) is 0 Å². The molecule has 1 rings (SSSR count). The Morgan fingerprint density at radius 1 is 1.78 bits per heavy atom. The molecule has 0 unspecified atom stereocenters. The summed E-state index contributed by atoms with van der Waals surface area (Å²) in [5.41, 5.74) is 0. The van der Waals surface area contributed by atoms with Crippen molar-refractivity contribution < 1.29 is 1.43 Å². The van der Waals surface area contributed by atoms with Crippen molar-refractivity contribution in [3.63, 3.8) is 0 Å². The first-order valence-corrected chi connectivity index (χ1v) is 3.05. The Morgan fingerprint density at radius 3 is 2.67 bits per heavy atom. The maximum Gasteiger partial charge on any atom is 0.129 e. The smallest absolute Gasteiger partial charge is 0.129 e. The van der Waals surface area contributed by atoms with Gasteiger partial charge in [-0.3, -0.25) is 0 Å². The van der Waals surface area contributed by atoms with Gasteiger partial charge in [0.1, 0.15) is 5.82 Å². The van der Waals surface area contributed by atoms with Crippen molar-refractivity contribution in [3.8, 4) is 0 Å². The first-order valence-electron chi connectivity index (χ1n) is 3.05. The van der Waals surface area contributed by atoms with E-state index >= 15 is 0 Å². The van der Waals surface area contributed by atoms with Gasteiger partial charge in [-0.1, -0.05) is 20.4 Å². The molecule has 0 aliphatic heterocycles. The molecular weight excluding hydrogens is 112 g/mol. The molecule has 1 heterocycles. The molecule has 0 saturated heterocycles. The SMILES string of the molecule is C=Cc1ncc[nH]1.CC.[HH]. The Hall–Kier alpha value is -1.05. The second-order valence-electron chi connectivity index (χ2n) is 1.18. The zero-order valence-corrected chi connectivity index (χ0v) is 5.89. The van der Waals surface area contributed by atoms with E-state index in [4.69, 9.17) is 0 Å². The molecule has 2 nitrogen and oxygen atoms in total. The zero-order valence-electron chi connectivity index (χ0n) is 5.89. The Balaban J connectivity index is 0. The van der Waals surface area contributed by atoms with Crippen LogP contribution in [-0.2, 0) is 0 Å². The van der Waals surface area contributed by atoms with E-state index in [-0.39, 0.29) is 1.43 Å². The zero-order chi connectivity index (χ0) is 7.11. The van der Waals surface area contributed by atoms with Crippen LogP contribution < -0.4 is 0 Å². The lowest BCUT2D eigenvalue weighted by Gasteiger charge is -1.73. The van der Waals surface area contributed by atoms with Gasteiger partial charge < -0.3 is 4.98 Å². The van der Waals surface area contributed by atoms with Crippen LogP contribution in [0, 0.1) is 0 Å². The Labute approximate surface area is 57.1 Å². The number of nitrogens with one attached hydrogen (secondary N) is 1. The number of H-pyrrole nitrogens is 1. The fraction of sp³-hybridized carbons (Fsp3) is 0.286. The summed E-state index contributed by atoms with van der Waals surface area (Å²) in [6, 6.07) is 0. The molecule has 0 fully saturated rings. The number of imidazole rings is 1. The van der Waals surface area contributed by atoms with Gasteiger partial charge in [0.2, 0.25) is 0 Å². The van der Waals surface area contributed by atoms with Gasteiger partial charge >= 0.3 is 0 Å². The molecule has 1 aromatic rings. The van der Waals surface area contributed by atoms with Crippen molar-refractivity contribution in [3.05, 3.63) is 24.8 Å². The predicted octanol–water partition coefficient (Wildman–Crippen LogP) is 2.32. The van der Waals surface area contributed by atoms with Crippen molar-refractivity contribution in [2.24, 2.45) is 0 Å². The quantitative estimate of drug-likeness (QED) is 0.614. The number of hydrogen-bond acceptors (Lipinski definition) is 1. The van der Waals surface area contributed by atoms with Crippen molar-refractivity contribution in [1.29, 1.82) is 0 Å². The second kappa shape index (κ2) is 5.09. The van der Waals surface area contributed by atoms with E-state index in [1.807, 2.05) is 13.8 Å². The third-order valence-corrected chi connectivity index (χ3v) is 0.713. The van der Waals surface area contributed by atoms with E-state index in [2.05, 4.69) is 16.5 Å². The van der Waals surface area contributed by atoms with Crippen molar-refractivity contribution in [2.75, 3.05) is 0 Å². The third kappa shape index (κ3) is 2.69. The molecule has 52 valence electrons. The van der Waals surface area contributed by atoms with Gasteiger partial charge in [-0.15, -0.1) is 0 Å². The summed E-state index contributed by atoms with van der Waals surface area (Å²) < 4.78 is 0. The lowest BCUT2D eigenvalue weighted by molar-refractivity contribution is 1.27. The molecule has 9 heavy (non-hydrogen) atoms. The summed E-state index contributed by atoms with van der Waals surface area (Å²) in [5.74, 6) is 0.819. The monoisotopic (exact) mass is 126 g/mol. The van der Waals surface area contributed by atoms with Crippen molar-refractivity contribution in [1.82, 2.24) is 9.97 Å². The van der Waals surface area contributed by atoms with Gasteiger partial charge in [0.25, 0.3) is 0 Å². The van der Waals surface area contributed by atoms with Crippen LogP contribution in [0.3, 0.4) is 0 Å². The van der Waals surface area contributed by atoms with Gasteiger partial charge in [0, 0.05) is 13.8 Å². The second-order valence-corrected chi connectivity index (χ2v) is 1.18. The topological polar surface area (TPSA) is 28.7 Å². The first kappa shape index (κ1) is 7.95. The summed E-state index contributed by atoms with van der Waals surface area (Å²) >= 11 is 0. The maximum atomic E-state index is 3.86. The minimum absolute atomic E-state index is 0. The summed E-state index contributed by atoms with van der Waals surface area (Å²) in [5, 5.41) is 0. The van der Waals surface area contributed by atoms with Gasteiger partial charge in [0.15, 0.2) is 0 Å². The maximum absolute atomic E-state index is 3.86. The fourth-order valence-corrected chi connectivity index (χ4v) is 0.389. The average molecular weight is 126 g/mol. The number of hydrogen-bond donors (Lipinski definition) is 1. The van der Waals surface area contributed by atoms with Crippen LogP contribution in [0.15, 0.2) is 19.0 Å². The number of nitrogens with zero attached hydrogens (tertiary/aromatic N) is 1. The van der Waals surface area contributed by atoms with Crippen molar-refractivity contribution in [2.45, 2.75) is 13.8 Å². The average Bonchev–Trinajstić information content (AvgIpc) is 2.43. The summed E-state index contributed by atoms with van der Waals surface area (Å²) in [6.45, 7) is 7.51. The molecule has 0 spiro atoms. The Kier molecular flexibility index (Phi) is 4.50. The Bertz CT molecular complexity index is 147. The van der Waals surface area contributed by atoms with Crippen LogP contribution in [0.4, 0.5) is 0 Å². The molecule has 1 aromatic heterocycles. The molecule has 0 aliphatic carbocycles. The van der Waals surface area contributed by atoms with Gasteiger partial charge in [-0.05, 0) is 6.08 Å². The van der Waals surface area contributed by atoms with Crippen LogP contribution >= 0.6 is 0 Å². The number of aromatic amines is 1. The molecule has 0 amide bonds. The van der Waals surface area contributed by atoms with Gasteiger partial charge in [-0.25, -0.2) is 4.98 Å². The van der Waals surface area contributed by atoms with E-state index in [0.29, 0.717) is 0 Å². The highest BCUT2D eigenvalue weighted by Crippen LogP contribution is 1.85. The van der Waals surface area contributed by atoms with E-state index in [9.17, 15) is 0 Å². The first-order chi connectivity index (χ1) is 4.43. The highest BCUT2D eigenvalue weighted by Gasteiger charge is 1.78. The van der Waals surface area contributed by atoms with E-state index < -0.39 is 0 Å². The third-order valence-electron chi connectivity index (χ3n) is 0.713. The van der Waals surface area contributed by atoms with Crippen LogP contribution in [0.1, 0.15) is 21.1 Å². The largest absolute Gasteiger partial charge is 0.345 e. The molecule has 0 aromatic carbocycles. The Morgan fingerprint density at radius 2 is 2.44 bits per heavy atom. The summed E-state index contributed by atoms with van der Waals surface area (Å²) in [4.78, 5) is 6.72. The summed E-state index contributed by atoms with van der Waals surface area (Å²) in [7, 11) is 0. The van der Waals surface area contributed by atoms with Crippen LogP contribution in [0.2, 0.25) is 0 Å². The summed E-state index contributed by atoms with van der Waals surface area (Å²) in [6.07, 6.45) is 5.12. The molecule has 0 radical (unpaired) electrons. The minimum Gasteiger partial charge on any atom is -0.345 e.